The van der Waals surface area contributed by atoms with Crippen LogP contribution in [-0.4, -0.2) is 30.7 Å². The van der Waals surface area contributed by atoms with Gasteiger partial charge in [-0.3, -0.25) is 0 Å². The average Bonchev–Trinajstić information content (AvgIpc) is 3.16. The van der Waals surface area contributed by atoms with E-state index in [1.807, 2.05) is 0 Å². The van der Waals surface area contributed by atoms with Crippen LogP contribution in [0.25, 0.3) is 0 Å². The van der Waals surface area contributed by atoms with Gasteiger partial charge in [0.2, 0.25) is 0 Å². The molecule has 0 aliphatic rings. The maximum absolute atomic E-state index is 7.50. The van der Waals surface area contributed by atoms with Gasteiger partial charge in [-0.05, 0) is 27.7 Å². The van der Waals surface area contributed by atoms with Crippen LogP contribution in [0.2, 0.25) is 0 Å². The van der Waals surface area contributed by atoms with E-state index in [4.69, 9.17) is 14.0 Å². The first-order valence-electron chi connectivity index (χ1n) is 6.03. The largest absolute Gasteiger partial charge is 4.00 e. The van der Waals surface area contributed by atoms with Crippen molar-refractivity contribution in [2.75, 3.05) is 26.2 Å². The molecule has 0 heterocycles. The van der Waals surface area contributed by atoms with Crippen molar-refractivity contribution in [3.05, 3.63) is 50.3 Å². The van der Waals surface area contributed by atoms with Gasteiger partial charge in [-0.2, -0.15) is 0 Å². The summed E-state index contributed by atoms with van der Waals surface area (Å²) in [6.45, 7) is 27.7. The molecule has 0 saturated carbocycles. The van der Waals surface area contributed by atoms with Gasteiger partial charge < -0.3 is 34.8 Å². The molecular formula is C16H21MoNO3. The third-order valence-electron chi connectivity index (χ3n) is 3.03. The minimum absolute atomic E-state index is 0. The Morgan fingerprint density at radius 2 is 0.952 bits per heavy atom. The van der Waals surface area contributed by atoms with Gasteiger partial charge in [-0.1, -0.05) is 0 Å². The normalized spacial score (nSPS) is 7.33. The Morgan fingerprint density at radius 3 is 1.00 bits per heavy atom. The zero-order valence-corrected chi connectivity index (χ0v) is 15.0. The van der Waals surface area contributed by atoms with Crippen LogP contribution in [0.4, 0.5) is 0 Å². The standard InChI is InChI=1S/C8H20N.C5H.3CO.Mo/c1-5-9(6-2,7-3)8-4;1-2-4-5-3-1;3*1-2;/h5-8H2,1-4H3;1H;;;;/q+1;-5;;;;+4. The van der Waals surface area contributed by atoms with Crippen molar-refractivity contribution in [2.45, 2.75) is 27.7 Å². The van der Waals surface area contributed by atoms with Gasteiger partial charge in [0.1, 0.15) is 0 Å². The minimum atomic E-state index is 0. The molecule has 0 spiro atoms. The zero-order valence-electron chi connectivity index (χ0n) is 13.0. The fourth-order valence-electron chi connectivity index (χ4n) is 1.52. The number of hydrogen-bond donors (Lipinski definition) is 0. The summed E-state index contributed by atoms with van der Waals surface area (Å²) in [5.74, 6) is 0. The second-order valence-electron chi connectivity index (χ2n) is 3.29. The predicted octanol–water partition coefficient (Wildman–Crippen LogP) is 2.37. The molecular weight excluding hydrogens is 350 g/mol. The van der Waals surface area contributed by atoms with Gasteiger partial charge in [-0.25, -0.2) is 0 Å². The van der Waals surface area contributed by atoms with E-state index >= 15 is 0 Å². The van der Waals surface area contributed by atoms with Crippen molar-refractivity contribution >= 4 is 0 Å². The Balaban J connectivity index is -0.0000000606. The molecule has 114 valence electrons. The quantitative estimate of drug-likeness (QED) is 0.338. The van der Waals surface area contributed by atoms with Crippen LogP contribution < -0.4 is 0 Å². The van der Waals surface area contributed by atoms with Crippen LogP contribution in [0.3, 0.4) is 0 Å². The van der Waals surface area contributed by atoms with Gasteiger partial charge >= 0.3 is 55.0 Å². The van der Waals surface area contributed by atoms with E-state index in [1.54, 1.807) is 6.07 Å². The van der Waals surface area contributed by atoms with Gasteiger partial charge in [0, 0.05) is 0 Å². The van der Waals surface area contributed by atoms with Crippen molar-refractivity contribution in [3.8, 4) is 0 Å². The first-order valence-corrected chi connectivity index (χ1v) is 6.03. The Bertz CT molecular complexity index is 252. The van der Waals surface area contributed by atoms with E-state index < -0.39 is 0 Å². The summed E-state index contributed by atoms with van der Waals surface area (Å²) in [7, 11) is 0. The number of quaternary nitrogens is 1. The van der Waals surface area contributed by atoms with Crippen molar-refractivity contribution < 1.29 is 39.5 Å². The summed E-state index contributed by atoms with van der Waals surface area (Å²) >= 11 is 0. The Morgan fingerprint density at radius 1 is 0.714 bits per heavy atom. The molecule has 4 nitrogen and oxygen atoms in total. The van der Waals surface area contributed by atoms with E-state index in [-0.39, 0.29) is 21.1 Å². The second-order valence-corrected chi connectivity index (χ2v) is 3.29. The van der Waals surface area contributed by atoms with Gasteiger partial charge in [0.25, 0.3) is 0 Å². The van der Waals surface area contributed by atoms with E-state index in [9.17, 15) is 0 Å². The fraction of sp³-hybridized carbons (Fsp3) is 0.500. The zero-order chi connectivity index (χ0) is 16.9. The molecule has 0 saturated heterocycles. The first-order chi connectivity index (χ1) is 9.74. The number of hydrogen-bond acceptors (Lipinski definition) is 0. The van der Waals surface area contributed by atoms with Crippen LogP contribution in [0.1, 0.15) is 27.7 Å². The number of nitrogens with zero attached hydrogens (tertiary/aromatic N) is 1. The molecule has 1 aromatic carbocycles. The Hall–Kier alpha value is -0.782. The summed E-state index contributed by atoms with van der Waals surface area (Å²) in [5, 5.41) is 0. The van der Waals surface area contributed by atoms with Crippen LogP contribution in [0.5, 0.6) is 0 Å². The molecule has 1 rings (SSSR count). The van der Waals surface area contributed by atoms with E-state index in [2.05, 4.69) is 71.9 Å². The van der Waals surface area contributed by atoms with Gasteiger partial charge in [0.15, 0.2) is 0 Å². The summed E-state index contributed by atoms with van der Waals surface area (Å²) < 4.78 is 23.8. The van der Waals surface area contributed by atoms with Crippen LogP contribution >= 0.6 is 0 Å². The van der Waals surface area contributed by atoms with Crippen molar-refractivity contribution in [1.82, 2.24) is 0 Å². The molecule has 0 aliphatic carbocycles. The monoisotopic (exact) mass is 373 g/mol. The third-order valence-corrected chi connectivity index (χ3v) is 3.03. The molecule has 0 aromatic heterocycles. The molecule has 0 bridgehead atoms. The smallest absolute Gasteiger partial charge is 0.999 e. The molecule has 5 heteroatoms. The predicted molar refractivity (Wildman–Crippen MR) is 71.6 cm³/mol. The molecule has 0 radical (unpaired) electrons. The molecule has 0 atom stereocenters. The fourth-order valence-corrected chi connectivity index (χ4v) is 1.52. The average molecular weight is 371 g/mol. The van der Waals surface area contributed by atoms with E-state index in [1.165, 1.54) is 30.7 Å². The maximum Gasteiger partial charge on any atom is 4.00 e. The SMILES string of the molecule is CC[N+](CC)(CC)CC.[C-]#[O+].[C-]#[O+].[C-]#[O+].[Mo+4].[c-]1[c-][c-][cH-][c-]1. The summed E-state index contributed by atoms with van der Waals surface area (Å²) in [6.07, 6.45) is 0. The van der Waals surface area contributed by atoms with Crippen LogP contribution in [0.15, 0.2) is 6.07 Å². The van der Waals surface area contributed by atoms with E-state index in [0.717, 1.165) is 0 Å². The molecule has 0 aliphatic heterocycles. The Labute approximate surface area is 143 Å². The van der Waals surface area contributed by atoms with Crippen LogP contribution in [0, 0.1) is 44.2 Å². The van der Waals surface area contributed by atoms with Gasteiger partial charge in [-0.15, -0.1) is 0 Å². The molecule has 0 unspecified atom stereocenters. The Kier molecular flexibility index (Phi) is 48.4. The molecule has 1 aromatic rings. The summed E-state index contributed by atoms with van der Waals surface area (Å²) in [4.78, 5) is 0. The van der Waals surface area contributed by atoms with Crippen molar-refractivity contribution in [2.24, 2.45) is 0 Å². The summed E-state index contributed by atoms with van der Waals surface area (Å²) in [5.41, 5.74) is 0. The number of rotatable bonds is 4. The second kappa shape index (κ2) is 31.6. The molecule has 21 heavy (non-hydrogen) atoms. The molecule has 0 N–H and O–H groups in total. The minimum Gasteiger partial charge on any atom is -0.999 e. The summed E-state index contributed by atoms with van der Waals surface area (Å²) in [6, 6.07) is 12.0. The topological polar surface area (TPSA) is 59.7 Å². The van der Waals surface area contributed by atoms with E-state index in [0.29, 0.717) is 0 Å². The van der Waals surface area contributed by atoms with Crippen molar-refractivity contribution in [3.63, 3.8) is 0 Å². The van der Waals surface area contributed by atoms with Gasteiger partial charge in [0.05, 0.1) is 26.2 Å². The van der Waals surface area contributed by atoms with Crippen molar-refractivity contribution in [1.29, 1.82) is 0 Å². The molecule has 0 amide bonds. The maximum atomic E-state index is 7.50. The van der Waals surface area contributed by atoms with Crippen LogP contribution in [-0.2, 0) is 35.0 Å². The molecule has 0 fully saturated rings. The first kappa shape index (κ1) is 32.2. The third kappa shape index (κ3) is 21.7.